The van der Waals surface area contributed by atoms with Gasteiger partial charge in [0, 0.05) is 11.4 Å². The lowest BCUT2D eigenvalue weighted by Crippen LogP contribution is -2.46. The highest BCUT2D eigenvalue weighted by molar-refractivity contribution is 7.09. The molecule has 0 aliphatic carbocycles. The molecule has 1 aromatic heterocycles. The van der Waals surface area contributed by atoms with Gasteiger partial charge in [0.1, 0.15) is 6.04 Å². The fraction of sp³-hybridized carbons (Fsp3) is 0.615. The third-order valence-electron chi connectivity index (χ3n) is 3.62. The second-order valence-electron chi connectivity index (χ2n) is 4.70. The van der Waals surface area contributed by atoms with Crippen LogP contribution in [0, 0.1) is 5.92 Å². The highest BCUT2D eigenvalue weighted by Crippen LogP contribution is 2.27. The average Bonchev–Trinajstić information content (AvgIpc) is 2.82. The summed E-state index contributed by atoms with van der Waals surface area (Å²) in [4.78, 5) is 14.7. The highest BCUT2D eigenvalue weighted by Gasteiger charge is 2.32. The van der Waals surface area contributed by atoms with Crippen LogP contribution in [0.1, 0.15) is 31.1 Å². The van der Waals surface area contributed by atoms with E-state index in [0.29, 0.717) is 5.92 Å². The minimum atomic E-state index is -0.667. The Kier molecular flexibility index (Phi) is 4.18. The summed E-state index contributed by atoms with van der Waals surface area (Å²) in [5.41, 5.74) is 0. The lowest BCUT2D eigenvalue weighted by Gasteiger charge is -2.36. The normalized spacial score (nSPS) is 25.9. The van der Waals surface area contributed by atoms with E-state index in [1.54, 1.807) is 11.3 Å². The second kappa shape index (κ2) is 5.65. The molecule has 2 heterocycles. The Morgan fingerprint density at radius 1 is 1.65 bits per heavy atom. The van der Waals surface area contributed by atoms with Gasteiger partial charge in [-0.25, -0.2) is 0 Å². The number of piperidine rings is 1. The Labute approximate surface area is 106 Å². The molecule has 0 bridgehead atoms. The van der Waals surface area contributed by atoms with Gasteiger partial charge >= 0.3 is 5.97 Å². The molecule has 2 atom stereocenters. The van der Waals surface area contributed by atoms with Crippen LogP contribution in [0.2, 0.25) is 0 Å². The molecule has 1 aromatic rings. The molecule has 1 aliphatic heterocycles. The first-order valence-electron chi connectivity index (χ1n) is 6.20. The van der Waals surface area contributed by atoms with Gasteiger partial charge in [0.2, 0.25) is 0 Å². The summed E-state index contributed by atoms with van der Waals surface area (Å²) in [6, 6.07) is 3.81. The summed E-state index contributed by atoms with van der Waals surface area (Å²) in [5.74, 6) is -0.0876. The topological polar surface area (TPSA) is 40.5 Å². The number of aliphatic carboxylic acids is 1. The van der Waals surface area contributed by atoms with Crippen molar-refractivity contribution in [2.24, 2.45) is 5.92 Å². The van der Waals surface area contributed by atoms with Crippen LogP contribution in [0.4, 0.5) is 0 Å². The lowest BCUT2D eigenvalue weighted by atomic mass is 9.89. The molecule has 0 aromatic carbocycles. The molecule has 0 amide bonds. The molecule has 1 saturated heterocycles. The first-order chi connectivity index (χ1) is 8.20. The predicted molar refractivity (Wildman–Crippen MR) is 69.2 cm³/mol. The van der Waals surface area contributed by atoms with Crippen molar-refractivity contribution in [2.75, 3.05) is 6.54 Å². The average molecular weight is 253 g/mol. The third kappa shape index (κ3) is 3.07. The van der Waals surface area contributed by atoms with Crippen molar-refractivity contribution in [1.82, 2.24) is 4.90 Å². The molecule has 1 N–H and O–H groups in total. The molecule has 0 spiro atoms. The number of likely N-dealkylation sites (tertiary alicyclic amines) is 1. The van der Waals surface area contributed by atoms with Crippen molar-refractivity contribution in [2.45, 2.75) is 38.8 Å². The molecule has 2 rings (SSSR count). The number of thiophene rings is 1. The molecule has 1 fully saturated rings. The lowest BCUT2D eigenvalue weighted by molar-refractivity contribution is -0.145. The molecule has 0 saturated carbocycles. The minimum Gasteiger partial charge on any atom is -0.480 e. The molecular formula is C13H19NO2S. The molecule has 3 nitrogen and oxygen atoms in total. The summed E-state index contributed by atoms with van der Waals surface area (Å²) >= 11 is 1.70. The van der Waals surface area contributed by atoms with Crippen molar-refractivity contribution >= 4 is 17.3 Å². The Morgan fingerprint density at radius 2 is 2.47 bits per heavy atom. The molecule has 17 heavy (non-hydrogen) atoms. The van der Waals surface area contributed by atoms with Crippen LogP contribution in [-0.2, 0) is 11.3 Å². The first-order valence-corrected chi connectivity index (χ1v) is 7.08. The van der Waals surface area contributed by atoms with Crippen molar-refractivity contribution in [1.29, 1.82) is 0 Å². The number of hydrogen-bond acceptors (Lipinski definition) is 3. The maximum Gasteiger partial charge on any atom is 0.320 e. The largest absolute Gasteiger partial charge is 0.480 e. The molecule has 4 heteroatoms. The third-order valence-corrected chi connectivity index (χ3v) is 4.48. The van der Waals surface area contributed by atoms with E-state index in [2.05, 4.69) is 17.9 Å². The maximum atomic E-state index is 11.3. The van der Waals surface area contributed by atoms with E-state index < -0.39 is 5.97 Å². The fourth-order valence-electron chi connectivity index (χ4n) is 2.51. The number of carboxylic acid groups (broad SMARTS) is 1. The Morgan fingerprint density at radius 3 is 3.06 bits per heavy atom. The van der Waals surface area contributed by atoms with Gasteiger partial charge in [-0.15, -0.1) is 11.3 Å². The van der Waals surface area contributed by atoms with E-state index in [1.165, 1.54) is 4.88 Å². The maximum absolute atomic E-state index is 11.3. The summed E-state index contributed by atoms with van der Waals surface area (Å²) < 4.78 is 0. The van der Waals surface area contributed by atoms with Crippen molar-refractivity contribution < 1.29 is 9.90 Å². The van der Waals surface area contributed by atoms with Crippen LogP contribution in [0.5, 0.6) is 0 Å². The van der Waals surface area contributed by atoms with Crippen molar-refractivity contribution in [3.8, 4) is 0 Å². The van der Waals surface area contributed by atoms with E-state index in [1.807, 2.05) is 11.4 Å². The van der Waals surface area contributed by atoms with Gasteiger partial charge in [0.25, 0.3) is 0 Å². The van der Waals surface area contributed by atoms with Crippen LogP contribution in [-0.4, -0.2) is 28.6 Å². The number of nitrogens with zero attached hydrogens (tertiary/aromatic N) is 1. The zero-order valence-corrected chi connectivity index (χ0v) is 10.9. The Hall–Kier alpha value is -0.870. The van der Waals surface area contributed by atoms with E-state index in [-0.39, 0.29) is 6.04 Å². The molecule has 1 aliphatic rings. The summed E-state index contributed by atoms with van der Waals surface area (Å²) in [6.45, 7) is 3.84. The summed E-state index contributed by atoms with van der Waals surface area (Å²) in [6.07, 6.45) is 3.03. The van der Waals surface area contributed by atoms with Gasteiger partial charge in [0.05, 0.1) is 0 Å². The number of carboxylic acids is 1. The minimum absolute atomic E-state index is 0.296. The fourth-order valence-corrected chi connectivity index (χ4v) is 3.24. The Bertz CT molecular complexity index is 364. The van der Waals surface area contributed by atoms with Gasteiger partial charge in [-0.3, -0.25) is 9.69 Å². The molecule has 0 radical (unpaired) electrons. The highest BCUT2D eigenvalue weighted by atomic mass is 32.1. The number of hydrogen-bond donors (Lipinski definition) is 1. The Balaban J connectivity index is 2.02. The first kappa shape index (κ1) is 12.6. The van der Waals surface area contributed by atoms with Crippen LogP contribution < -0.4 is 0 Å². The predicted octanol–water partition coefficient (Wildman–Crippen LogP) is 2.82. The molecule has 94 valence electrons. The van der Waals surface area contributed by atoms with Crippen LogP contribution in [0.25, 0.3) is 0 Å². The number of rotatable bonds is 4. The quantitative estimate of drug-likeness (QED) is 0.897. The van der Waals surface area contributed by atoms with Crippen molar-refractivity contribution in [3.05, 3.63) is 22.4 Å². The van der Waals surface area contributed by atoms with Gasteiger partial charge in [-0.2, -0.15) is 0 Å². The monoisotopic (exact) mass is 253 g/mol. The van der Waals surface area contributed by atoms with E-state index >= 15 is 0 Å². The van der Waals surface area contributed by atoms with Gasteiger partial charge < -0.3 is 5.11 Å². The van der Waals surface area contributed by atoms with Crippen LogP contribution in [0.3, 0.4) is 0 Å². The second-order valence-corrected chi connectivity index (χ2v) is 5.73. The van der Waals surface area contributed by atoms with Crippen LogP contribution >= 0.6 is 11.3 Å². The summed E-state index contributed by atoms with van der Waals surface area (Å²) in [7, 11) is 0. The van der Waals surface area contributed by atoms with E-state index in [4.69, 9.17) is 0 Å². The van der Waals surface area contributed by atoms with Crippen LogP contribution in [0.15, 0.2) is 17.5 Å². The molecular weight excluding hydrogens is 234 g/mol. The summed E-state index contributed by atoms with van der Waals surface area (Å²) in [5, 5.41) is 11.4. The van der Waals surface area contributed by atoms with E-state index in [9.17, 15) is 9.90 Å². The van der Waals surface area contributed by atoms with Gasteiger partial charge in [0.15, 0.2) is 0 Å². The zero-order chi connectivity index (χ0) is 12.3. The number of carbonyl (C=O) groups is 1. The molecule has 2 unspecified atom stereocenters. The smallest absolute Gasteiger partial charge is 0.320 e. The van der Waals surface area contributed by atoms with E-state index in [0.717, 1.165) is 32.4 Å². The van der Waals surface area contributed by atoms with Gasteiger partial charge in [-0.05, 0) is 36.8 Å². The van der Waals surface area contributed by atoms with Gasteiger partial charge in [-0.1, -0.05) is 19.4 Å². The zero-order valence-electron chi connectivity index (χ0n) is 10.1. The standard InChI is InChI=1S/C13H19NO2S/c1-2-10-5-6-14(12(8-10)13(15)16)9-11-4-3-7-17-11/h3-4,7,10,12H,2,5-6,8-9H2,1H3,(H,15,16). The van der Waals surface area contributed by atoms with Crippen molar-refractivity contribution in [3.63, 3.8) is 0 Å². The SMILES string of the molecule is CCC1CCN(Cc2cccs2)C(C(=O)O)C1.